The van der Waals surface area contributed by atoms with Crippen LogP contribution in [0.2, 0.25) is 0 Å². The van der Waals surface area contributed by atoms with E-state index in [0.29, 0.717) is 12.1 Å². The van der Waals surface area contributed by atoms with Gasteiger partial charge in [-0.15, -0.1) is 0 Å². The van der Waals surface area contributed by atoms with Gasteiger partial charge in [0.2, 0.25) is 5.91 Å². The van der Waals surface area contributed by atoms with Crippen LogP contribution in [-0.2, 0) is 16.0 Å². The Morgan fingerprint density at radius 3 is 2.17 bits per heavy atom. The number of carbonyl (C=O) groups excluding carboxylic acids is 1. The van der Waals surface area contributed by atoms with E-state index in [0.717, 1.165) is 11.1 Å². The molecule has 4 nitrogen and oxygen atoms in total. The summed E-state index contributed by atoms with van der Waals surface area (Å²) in [5, 5.41) is 11.8. The smallest absolute Gasteiger partial charge is 0.306 e. The Labute approximate surface area is 136 Å². The lowest BCUT2D eigenvalue weighted by Crippen LogP contribution is -2.18. The lowest BCUT2D eigenvalue weighted by Gasteiger charge is -2.13. The van der Waals surface area contributed by atoms with Gasteiger partial charge in [-0.25, -0.2) is 0 Å². The van der Waals surface area contributed by atoms with E-state index in [1.165, 1.54) is 0 Å². The molecule has 1 amide bonds. The molecule has 0 saturated heterocycles. The SMILES string of the molecule is CC(Cc1ccc(NC(=O)C(C)c2ccccc2)cc1)C(=O)O. The summed E-state index contributed by atoms with van der Waals surface area (Å²) in [5.74, 6) is -1.53. The van der Waals surface area contributed by atoms with Gasteiger partial charge < -0.3 is 10.4 Å². The zero-order valence-electron chi connectivity index (χ0n) is 13.3. The fourth-order valence-electron chi connectivity index (χ4n) is 2.31. The van der Waals surface area contributed by atoms with Gasteiger partial charge in [0.05, 0.1) is 11.8 Å². The zero-order valence-corrected chi connectivity index (χ0v) is 13.3. The van der Waals surface area contributed by atoms with Gasteiger partial charge in [-0.1, -0.05) is 49.4 Å². The van der Waals surface area contributed by atoms with Crippen LogP contribution < -0.4 is 5.32 Å². The number of anilines is 1. The molecule has 0 heterocycles. The number of aliphatic carboxylic acids is 1. The first kappa shape index (κ1) is 16.7. The lowest BCUT2D eigenvalue weighted by molar-refractivity contribution is -0.141. The van der Waals surface area contributed by atoms with Crippen LogP contribution in [0.3, 0.4) is 0 Å². The molecule has 2 aromatic carbocycles. The average molecular weight is 311 g/mol. The molecule has 2 aromatic rings. The summed E-state index contributed by atoms with van der Waals surface area (Å²) in [5.41, 5.74) is 2.62. The number of hydrogen-bond acceptors (Lipinski definition) is 2. The molecule has 0 saturated carbocycles. The Morgan fingerprint density at radius 2 is 1.61 bits per heavy atom. The maximum absolute atomic E-state index is 12.3. The molecular formula is C19H21NO3. The van der Waals surface area contributed by atoms with Crippen LogP contribution in [0.4, 0.5) is 5.69 Å². The highest BCUT2D eigenvalue weighted by Crippen LogP contribution is 2.18. The third-order valence-corrected chi connectivity index (χ3v) is 3.88. The van der Waals surface area contributed by atoms with Crippen LogP contribution in [0.15, 0.2) is 54.6 Å². The van der Waals surface area contributed by atoms with Gasteiger partial charge >= 0.3 is 5.97 Å². The lowest BCUT2D eigenvalue weighted by atomic mass is 10.00. The summed E-state index contributed by atoms with van der Waals surface area (Å²) in [6, 6.07) is 16.9. The minimum absolute atomic E-state index is 0.0668. The number of carboxylic acid groups (broad SMARTS) is 1. The molecule has 2 N–H and O–H groups in total. The molecule has 0 spiro atoms. The topological polar surface area (TPSA) is 66.4 Å². The summed E-state index contributed by atoms with van der Waals surface area (Å²) in [7, 11) is 0. The first-order valence-electron chi connectivity index (χ1n) is 7.65. The van der Waals surface area contributed by atoms with E-state index >= 15 is 0 Å². The summed E-state index contributed by atoms with van der Waals surface area (Å²) in [4.78, 5) is 23.1. The summed E-state index contributed by atoms with van der Waals surface area (Å²) < 4.78 is 0. The zero-order chi connectivity index (χ0) is 16.8. The fraction of sp³-hybridized carbons (Fsp3) is 0.263. The molecule has 0 aliphatic rings. The number of rotatable bonds is 6. The second-order valence-electron chi connectivity index (χ2n) is 5.76. The molecule has 2 atom stereocenters. The van der Waals surface area contributed by atoms with Gasteiger partial charge in [-0.05, 0) is 36.6 Å². The quantitative estimate of drug-likeness (QED) is 0.855. The molecular weight excluding hydrogens is 290 g/mol. The Kier molecular flexibility index (Phi) is 5.52. The second-order valence-corrected chi connectivity index (χ2v) is 5.76. The van der Waals surface area contributed by atoms with Crippen molar-refractivity contribution in [2.75, 3.05) is 5.32 Å². The van der Waals surface area contributed by atoms with Gasteiger partial charge in [0.1, 0.15) is 0 Å². The standard InChI is InChI=1S/C19H21NO3/c1-13(19(22)23)12-15-8-10-17(11-9-15)20-18(21)14(2)16-6-4-3-5-7-16/h3-11,13-14H,12H2,1-2H3,(H,20,21)(H,22,23). The first-order valence-corrected chi connectivity index (χ1v) is 7.65. The monoisotopic (exact) mass is 311 g/mol. The molecule has 23 heavy (non-hydrogen) atoms. The average Bonchev–Trinajstić information content (AvgIpc) is 2.56. The van der Waals surface area contributed by atoms with E-state index in [1.807, 2.05) is 49.4 Å². The highest BCUT2D eigenvalue weighted by atomic mass is 16.4. The molecule has 0 aliphatic heterocycles. The van der Waals surface area contributed by atoms with Crippen LogP contribution >= 0.6 is 0 Å². The molecule has 120 valence electrons. The molecule has 2 rings (SSSR count). The predicted octanol–water partition coefficient (Wildman–Crippen LogP) is 3.69. The van der Waals surface area contributed by atoms with E-state index < -0.39 is 11.9 Å². The number of nitrogens with one attached hydrogen (secondary N) is 1. The van der Waals surface area contributed by atoms with E-state index in [9.17, 15) is 9.59 Å². The Morgan fingerprint density at radius 1 is 1.00 bits per heavy atom. The number of benzene rings is 2. The van der Waals surface area contributed by atoms with Crippen molar-refractivity contribution in [2.45, 2.75) is 26.2 Å². The Bertz CT molecular complexity index is 665. The van der Waals surface area contributed by atoms with Crippen molar-refractivity contribution in [1.82, 2.24) is 0 Å². The van der Waals surface area contributed by atoms with E-state index in [4.69, 9.17) is 5.11 Å². The number of amides is 1. The van der Waals surface area contributed by atoms with E-state index in [1.54, 1.807) is 19.1 Å². The van der Waals surface area contributed by atoms with Crippen LogP contribution in [0.1, 0.15) is 30.9 Å². The number of carboxylic acids is 1. The minimum atomic E-state index is -0.806. The predicted molar refractivity (Wildman–Crippen MR) is 90.4 cm³/mol. The maximum atomic E-state index is 12.3. The van der Waals surface area contributed by atoms with E-state index in [-0.39, 0.29) is 11.8 Å². The van der Waals surface area contributed by atoms with Gasteiger partial charge in [-0.3, -0.25) is 9.59 Å². The molecule has 0 aliphatic carbocycles. The van der Waals surface area contributed by atoms with Crippen molar-refractivity contribution in [3.05, 3.63) is 65.7 Å². The van der Waals surface area contributed by atoms with E-state index in [2.05, 4.69) is 5.32 Å². The molecule has 0 aromatic heterocycles. The molecule has 0 fully saturated rings. The van der Waals surface area contributed by atoms with Crippen molar-refractivity contribution in [3.8, 4) is 0 Å². The fourth-order valence-corrected chi connectivity index (χ4v) is 2.31. The Balaban J connectivity index is 1.98. The van der Waals surface area contributed by atoms with Crippen molar-refractivity contribution in [2.24, 2.45) is 5.92 Å². The Hall–Kier alpha value is -2.62. The molecule has 0 radical (unpaired) electrons. The molecule has 2 unspecified atom stereocenters. The highest BCUT2D eigenvalue weighted by Gasteiger charge is 2.15. The second kappa shape index (κ2) is 7.58. The van der Waals surface area contributed by atoms with Crippen molar-refractivity contribution >= 4 is 17.6 Å². The summed E-state index contributed by atoms with van der Waals surface area (Å²) in [6.45, 7) is 3.55. The highest BCUT2D eigenvalue weighted by molar-refractivity contribution is 5.95. The van der Waals surface area contributed by atoms with Crippen molar-refractivity contribution in [3.63, 3.8) is 0 Å². The first-order chi connectivity index (χ1) is 11.0. The van der Waals surface area contributed by atoms with Crippen LogP contribution in [0, 0.1) is 5.92 Å². The molecule has 4 heteroatoms. The van der Waals surface area contributed by atoms with Crippen molar-refractivity contribution < 1.29 is 14.7 Å². The van der Waals surface area contributed by atoms with Crippen LogP contribution in [0.25, 0.3) is 0 Å². The van der Waals surface area contributed by atoms with Gasteiger partial charge in [0, 0.05) is 5.69 Å². The minimum Gasteiger partial charge on any atom is -0.481 e. The van der Waals surface area contributed by atoms with Crippen LogP contribution in [0.5, 0.6) is 0 Å². The van der Waals surface area contributed by atoms with Gasteiger partial charge in [0.25, 0.3) is 0 Å². The molecule has 0 bridgehead atoms. The summed E-state index contributed by atoms with van der Waals surface area (Å²) in [6.07, 6.45) is 0.476. The number of hydrogen-bond donors (Lipinski definition) is 2. The third kappa shape index (κ3) is 4.68. The third-order valence-electron chi connectivity index (χ3n) is 3.88. The largest absolute Gasteiger partial charge is 0.481 e. The van der Waals surface area contributed by atoms with Gasteiger partial charge in [-0.2, -0.15) is 0 Å². The van der Waals surface area contributed by atoms with Crippen molar-refractivity contribution in [1.29, 1.82) is 0 Å². The summed E-state index contributed by atoms with van der Waals surface area (Å²) >= 11 is 0. The van der Waals surface area contributed by atoms with Crippen LogP contribution in [-0.4, -0.2) is 17.0 Å². The maximum Gasteiger partial charge on any atom is 0.306 e. The number of carbonyl (C=O) groups is 2. The normalized spacial score (nSPS) is 13.1. The van der Waals surface area contributed by atoms with Gasteiger partial charge in [0.15, 0.2) is 0 Å².